The number of amides is 1. The van der Waals surface area contributed by atoms with Gasteiger partial charge in [-0.3, -0.25) is 14.7 Å². The van der Waals surface area contributed by atoms with Crippen molar-refractivity contribution in [2.75, 3.05) is 39.8 Å². The van der Waals surface area contributed by atoms with Crippen LogP contribution in [0.15, 0.2) is 24.5 Å². The third-order valence-corrected chi connectivity index (χ3v) is 4.65. The van der Waals surface area contributed by atoms with Crippen LogP contribution in [0, 0.1) is 5.92 Å². The van der Waals surface area contributed by atoms with Crippen molar-refractivity contribution in [3.63, 3.8) is 0 Å². The molecule has 1 atom stereocenters. The molecular formula is C18H30N4O. The molecule has 128 valence electrons. The summed E-state index contributed by atoms with van der Waals surface area (Å²) in [5.74, 6) is 0.672. The van der Waals surface area contributed by atoms with Crippen LogP contribution in [0.4, 0.5) is 0 Å². The van der Waals surface area contributed by atoms with Crippen LogP contribution in [0.3, 0.4) is 0 Å². The molecule has 5 nitrogen and oxygen atoms in total. The zero-order valence-corrected chi connectivity index (χ0v) is 14.7. The van der Waals surface area contributed by atoms with Crippen molar-refractivity contribution in [1.29, 1.82) is 0 Å². The van der Waals surface area contributed by atoms with E-state index in [2.05, 4.69) is 41.0 Å². The van der Waals surface area contributed by atoms with Gasteiger partial charge in [-0.05, 0) is 31.0 Å². The van der Waals surface area contributed by atoms with Crippen molar-refractivity contribution in [2.45, 2.75) is 32.7 Å². The first-order chi connectivity index (χ1) is 11.1. The number of likely N-dealkylation sites (N-methyl/N-ethyl adjacent to an activating group) is 1. The van der Waals surface area contributed by atoms with Crippen LogP contribution in [0.1, 0.15) is 25.8 Å². The quantitative estimate of drug-likeness (QED) is 0.826. The minimum Gasteiger partial charge on any atom is -0.355 e. The molecule has 1 aliphatic heterocycles. The molecule has 0 spiro atoms. The molecule has 1 amide bonds. The summed E-state index contributed by atoms with van der Waals surface area (Å²) in [6.07, 6.45) is 4.86. The number of carbonyl (C=O) groups excluding carboxylic acids is 1. The molecule has 0 saturated carbocycles. The number of piperazine rings is 1. The molecule has 0 aromatic carbocycles. The van der Waals surface area contributed by atoms with Gasteiger partial charge in [-0.15, -0.1) is 0 Å². The zero-order chi connectivity index (χ0) is 16.7. The van der Waals surface area contributed by atoms with E-state index in [4.69, 9.17) is 0 Å². The Morgan fingerprint density at radius 2 is 2.04 bits per heavy atom. The molecule has 5 heteroatoms. The van der Waals surface area contributed by atoms with Gasteiger partial charge in [0.15, 0.2) is 0 Å². The van der Waals surface area contributed by atoms with E-state index in [9.17, 15) is 4.79 Å². The average Bonchev–Trinajstić information content (AvgIpc) is 2.55. The Balaban J connectivity index is 1.76. The van der Waals surface area contributed by atoms with Gasteiger partial charge in [0.1, 0.15) is 0 Å². The van der Waals surface area contributed by atoms with Crippen LogP contribution < -0.4 is 5.32 Å². The fraction of sp³-hybridized carbons (Fsp3) is 0.667. The van der Waals surface area contributed by atoms with E-state index in [0.717, 1.165) is 44.7 Å². The lowest BCUT2D eigenvalue weighted by molar-refractivity contribution is -0.121. The van der Waals surface area contributed by atoms with Crippen LogP contribution >= 0.6 is 0 Å². The lowest BCUT2D eigenvalue weighted by atomic mass is 10.0. The van der Waals surface area contributed by atoms with E-state index >= 15 is 0 Å². The summed E-state index contributed by atoms with van der Waals surface area (Å²) in [4.78, 5) is 21.1. The third kappa shape index (κ3) is 5.92. The highest BCUT2D eigenvalue weighted by Crippen LogP contribution is 2.13. The molecule has 0 aliphatic carbocycles. The standard InChI is InChI=1S/C18H30N4O/c1-15(2)17(22-11-9-21(3)10-12-22)14-20-18(23)7-6-16-5-4-8-19-13-16/h4-5,8,13,15,17H,6-7,9-12,14H2,1-3H3,(H,20,23). The Kier molecular flexibility index (Phi) is 6.99. The molecule has 1 aliphatic rings. The van der Waals surface area contributed by atoms with Gasteiger partial charge in [-0.1, -0.05) is 19.9 Å². The van der Waals surface area contributed by atoms with E-state index in [-0.39, 0.29) is 5.91 Å². The molecule has 0 bridgehead atoms. The first kappa shape index (κ1) is 17.9. The molecule has 1 unspecified atom stereocenters. The Labute approximate surface area is 140 Å². The number of nitrogens with zero attached hydrogens (tertiary/aromatic N) is 3. The SMILES string of the molecule is CC(C)C(CNC(=O)CCc1cccnc1)N1CCN(C)CC1. The van der Waals surface area contributed by atoms with Gasteiger partial charge in [0.25, 0.3) is 0 Å². The van der Waals surface area contributed by atoms with E-state index in [1.807, 2.05) is 18.3 Å². The molecule has 1 aromatic heterocycles. The normalized spacial score (nSPS) is 18.1. The summed E-state index contributed by atoms with van der Waals surface area (Å²) >= 11 is 0. The van der Waals surface area contributed by atoms with Crippen molar-refractivity contribution in [1.82, 2.24) is 20.1 Å². The van der Waals surface area contributed by atoms with Crippen molar-refractivity contribution in [3.05, 3.63) is 30.1 Å². The van der Waals surface area contributed by atoms with Crippen LogP contribution in [0.25, 0.3) is 0 Å². The second-order valence-electron chi connectivity index (χ2n) is 6.82. The molecular weight excluding hydrogens is 288 g/mol. The van der Waals surface area contributed by atoms with Gasteiger partial charge in [-0.2, -0.15) is 0 Å². The number of aryl methyl sites for hydroxylation is 1. The Bertz CT molecular complexity index is 469. The minimum absolute atomic E-state index is 0.133. The van der Waals surface area contributed by atoms with Crippen molar-refractivity contribution in [2.24, 2.45) is 5.92 Å². The molecule has 1 aromatic rings. The van der Waals surface area contributed by atoms with Crippen LogP contribution in [0.5, 0.6) is 0 Å². The highest BCUT2D eigenvalue weighted by Gasteiger charge is 2.25. The average molecular weight is 318 g/mol. The summed E-state index contributed by atoms with van der Waals surface area (Å²) < 4.78 is 0. The molecule has 2 heterocycles. The first-order valence-electron chi connectivity index (χ1n) is 8.64. The van der Waals surface area contributed by atoms with E-state index in [1.165, 1.54) is 0 Å². The maximum Gasteiger partial charge on any atom is 0.220 e. The molecule has 1 N–H and O–H groups in total. The predicted octanol–water partition coefficient (Wildman–Crippen LogP) is 1.40. The second-order valence-corrected chi connectivity index (χ2v) is 6.82. The van der Waals surface area contributed by atoms with E-state index in [1.54, 1.807) is 6.20 Å². The maximum absolute atomic E-state index is 12.1. The van der Waals surface area contributed by atoms with E-state index in [0.29, 0.717) is 18.4 Å². The van der Waals surface area contributed by atoms with E-state index < -0.39 is 0 Å². The topological polar surface area (TPSA) is 48.5 Å². The Morgan fingerprint density at radius 1 is 1.30 bits per heavy atom. The smallest absolute Gasteiger partial charge is 0.220 e. The lowest BCUT2D eigenvalue weighted by Gasteiger charge is -2.39. The fourth-order valence-corrected chi connectivity index (χ4v) is 3.05. The predicted molar refractivity (Wildman–Crippen MR) is 93.3 cm³/mol. The van der Waals surface area contributed by atoms with Crippen LogP contribution in [-0.2, 0) is 11.2 Å². The van der Waals surface area contributed by atoms with Crippen LogP contribution in [0.2, 0.25) is 0 Å². The monoisotopic (exact) mass is 318 g/mol. The first-order valence-corrected chi connectivity index (χ1v) is 8.64. The van der Waals surface area contributed by atoms with Crippen LogP contribution in [-0.4, -0.2) is 66.5 Å². The summed E-state index contributed by atoms with van der Waals surface area (Å²) in [7, 11) is 2.17. The van der Waals surface area contributed by atoms with Gasteiger partial charge >= 0.3 is 0 Å². The molecule has 23 heavy (non-hydrogen) atoms. The number of aromatic nitrogens is 1. The summed E-state index contributed by atoms with van der Waals surface area (Å²) in [6.45, 7) is 9.62. The highest BCUT2D eigenvalue weighted by atomic mass is 16.1. The largest absolute Gasteiger partial charge is 0.355 e. The maximum atomic E-state index is 12.1. The number of hydrogen-bond donors (Lipinski definition) is 1. The van der Waals surface area contributed by atoms with Gasteiger partial charge in [0.05, 0.1) is 0 Å². The molecule has 1 fully saturated rings. The fourth-order valence-electron chi connectivity index (χ4n) is 3.05. The van der Waals surface area contributed by atoms with Gasteiger partial charge in [0.2, 0.25) is 5.91 Å². The highest BCUT2D eigenvalue weighted by molar-refractivity contribution is 5.76. The van der Waals surface area contributed by atoms with Gasteiger partial charge in [0, 0.05) is 57.6 Å². The molecule has 2 rings (SSSR count). The molecule has 1 saturated heterocycles. The number of hydrogen-bond acceptors (Lipinski definition) is 4. The van der Waals surface area contributed by atoms with Crippen molar-refractivity contribution < 1.29 is 4.79 Å². The summed E-state index contributed by atoms with van der Waals surface area (Å²) in [6, 6.07) is 4.35. The number of rotatable bonds is 7. The number of pyridine rings is 1. The van der Waals surface area contributed by atoms with Crippen molar-refractivity contribution >= 4 is 5.91 Å². The number of carbonyl (C=O) groups is 1. The number of nitrogens with one attached hydrogen (secondary N) is 1. The second kappa shape index (κ2) is 8.99. The Morgan fingerprint density at radius 3 is 2.65 bits per heavy atom. The van der Waals surface area contributed by atoms with Gasteiger partial charge < -0.3 is 10.2 Å². The zero-order valence-electron chi connectivity index (χ0n) is 14.7. The molecule has 0 radical (unpaired) electrons. The van der Waals surface area contributed by atoms with Crippen molar-refractivity contribution in [3.8, 4) is 0 Å². The minimum atomic E-state index is 0.133. The summed E-state index contributed by atoms with van der Waals surface area (Å²) in [5, 5.41) is 3.13. The summed E-state index contributed by atoms with van der Waals surface area (Å²) in [5.41, 5.74) is 1.11. The third-order valence-electron chi connectivity index (χ3n) is 4.65. The van der Waals surface area contributed by atoms with Gasteiger partial charge in [-0.25, -0.2) is 0 Å². The Hall–Kier alpha value is -1.46. The lowest BCUT2D eigenvalue weighted by Crippen LogP contribution is -2.54.